The molecule has 0 bridgehead atoms. The Labute approximate surface area is 182 Å². The Kier molecular flexibility index (Phi) is 4.80. The number of carbonyl (C=O) groups is 1. The standard InChI is InChI=1S/C27H22N2O2/c28-19-20-5-4-8-24(17-20)26(30)29-15-13-27(14-16-29)12-11-23-18-22(9-10-25(23)31-27)21-6-2-1-3-7-21/h1-12,17-18H,13-16H2. The highest BCUT2D eigenvalue weighted by atomic mass is 16.5. The molecule has 0 radical (unpaired) electrons. The molecule has 0 atom stereocenters. The largest absolute Gasteiger partial charge is 0.482 e. The van der Waals surface area contributed by atoms with Crippen molar-refractivity contribution in [1.82, 2.24) is 4.90 Å². The fourth-order valence-electron chi connectivity index (χ4n) is 4.34. The summed E-state index contributed by atoms with van der Waals surface area (Å²) in [6, 6.07) is 25.6. The SMILES string of the molecule is N#Cc1cccc(C(=O)N2CCC3(C=Cc4cc(-c5ccccc5)ccc4O3)CC2)c1. The molecule has 1 fully saturated rings. The molecule has 0 aliphatic carbocycles. The highest BCUT2D eigenvalue weighted by Gasteiger charge is 2.38. The maximum absolute atomic E-state index is 12.9. The maximum atomic E-state index is 12.9. The Morgan fingerprint density at radius 3 is 2.52 bits per heavy atom. The maximum Gasteiger partial charge on any atom is 0.253 e. The minimum atomic E-state index is -0.369. The normalized spacial score (nSPS) is 16.3. The van der Waals surface area contributed by atoms with Crippen molar-refractivity contribution in [2.45, 2.75) is 18.4 Å². The molecule has 0 saturated carbocycles. The predicted octanol–water partition coefficient (Wildman–Crippen LogP) is 5.31. The Bertz CT molecular complexity index is 1200. The van der Waals surface area contributed by atoms with Crippen LogP contribution in [0.2, 0.25) is 0 Å². The number of hydrogen-bond acceptors (Lipinski definition) is 3. The number of likely N-dealkylation sites (tertiary alicyclic amines) is 1. The van der Waals surface area contributed by atoms with Gasteiger partial charge in [0.1, 0.15) is 11.4 Å². The van der Waals surface area contributed by atoms with Crippen LogP contribution in [0.4, 0.5) is 0 Å². The van der Waals surface area contributed by atoms with Gasteiger partial charge >= 0.3 is 0 Å². The molecule has 4 nitrogen and oxygen atoms in total. The predicted molar refractivity (Wildman–Crippen MR) is 121 cm³/mol. The summed E-state index contributed by atoms with van der Waals surface area (Å²) in [5, 5.41) is 9.08. The number of amides is 1. The molecule has 0 unspecified atom stereocenters. The van der Waals surface area contributed by atoms with Gasteiger partial charge in [-0.15, -0.1) is 0 Å². The van der Waals surface area contributed by atoms with Gasteiger partial charge in [-0.2, -0.15) is 5.26 Å². The van der Waals surface area contributed by atoms with Crippen molar-refractivity contribution >= 4 is 12.0 Å². The van der Waals surface area contributed by atoms with Crippen molar-refractivity contribution in [2.24, 2.45) is 0 Å². The molecular formula is C27H22N2O2. The monoisotopic (exact) mass is 406 g/mol. The fourth-order valence-corrected chi connectivity index (χ4v) is 4.34. The number of fused-ring (bicyclic) bond motifs is 1. The first-order valence-corrected chi connectivity index (χ1v) is 10.5. The van der Waals surface area contributed by atoms with Crippen LogP contribution in [0, 0.1) is 11.3 Å². The van der Waals surface area contributed by atoms with Crippen molar-refractivity contribution in [3.05, 3.63) is 95.6 Å². The summed E-state index contributed by atoms with van der Waals surface area (Å²) in [4.78, 5) is 14.7. The molecule has 2 heterocycles. The average molecular weight is 406 g/mol. The third-order valence-electron chi connectivity index (χ3n) is 6.13. The van der Waals surface area contributed by atoms with E-state index in [0.717, 1.165) is 24.2 Å². The van der Waals surface area contributed by atoms with E-state index in [4.69, 9.17) is 10.00 Å². The lowest BCUT2D eigenvalue weighted by Gasteiger charge is -2.42. The van der Waals surface area contributed by atoms with E-state index in [1.165, 1.54) is 11.1 Å². The molecule has 2 aliphatic rings. The quantitative estimate of drug-likeness (QED) is 0.580. The summed E-state index contributed by atoms with van der Waals surface area (Å²) in [6.45, 7) is 1.24. The summed E-state index contributed by atoms with van der Waals surface area (Å²) in [6.07, 6.45) is 5.79. The summed E-state index contributed by atoms with van der Waals surface area (Å²) in [5.74, 6) is 0.864. The molecule has 0 N–H and O–H groups in total. The van der Waals surface area contributed by atoms with Crippen molar-refractivity contribution in [2.75, 3.05) is 13.1 Å². The molecule has 5 rings (SSSR count). The molecule has 3 aromatic rings. The molecule has 4 heteroatoms. The van der Waals surface area contributed by atoms with Gasteiger partial charge in [-0.3, -0.25) is 4.79 Å². The van der Waals surface area contributed by atoms with Crippen LogP contribution in [0.3, 0.4) is 0 Å². The minimum absolute atomic E-state index is 0.0281. The molecule has 31 heavy (non-hydrogen) atoms. The second-order valence-electron chi connectivity index (χ2n) is 8.10. The highest BCUT2D eigenvalue weighted by molar-refractivity contribution is 5.94. The lowest BCUT2D eigenvalue weighted by Crippen LogP contribution is -2.49. The number of hydrogen-bond donors (Lipinski definition) is 0. The van der Waals surface area contributed by atoms with Gasteiger partial charge in [-0.1, -0.05) is 48.5 Å². The number of rotatable bonds is 2. The van der Waals surface area contributed by atoms with E-state index in [2.05, 4.69) is 42.5 Å². The third kappa shape index (κ3) is 3.71. The van der Waals surface area contributed by atoms with E-state index in [1.54, 1.807) is 24.3 Å². The second kappa shape index (κ2) is 7.77. The Morgan fingerprint density at radius 2 is 1.74 bits per heavy atom. The minimum Gasteiger partial charge on any atom is -0.482 e. The van der Waals surface area contributed by atoms with Gasteiger partial charge < -0.3 is 9.64 Å². The molecule has 152 valence electrons. The van der Waals surface area contributed by atoms with E-state index >= 15 is 0 Å². The van der Waals surface area contributed by atoms with Gasteiger partial charge in [-0.25, -0.2) is 0 Å². The van der Waals surface area contributed by atoms with Crippen LogP contribution < -0.4 is 4.74 Å². The van der Waals surface area contributed by atoms with E-state index in [9.17, 15) is 4.79 Å². The zero-order chi connectivity index (χ0) is 21.3. The van der Waals surface area contributed by atoms with Crippen molar-refractivity contribution < 1.29 is 9.53 Å². The number of nitrogens with zero attached hydrogens (tertiary/aromatic N) is 2. The van der Waals surface area contributed by atoms with Crippen LogP contribution in [0.1, 0.15) is 34.3 Å². The van der Waals surface area contributed by atoms with Crippen molar-refractivity contribution in [3.63, 3.8) is 0 Å². The van der Waals surface area contributed by atoms with Gasteiger partial charge in [0.25, 0.3) is 5.91 Å². The molecule has 1 amide bonds. The van der Waals surface area contributed by atoms with Crippen LogP contribution in [-0.2, 0) is 0 Å². The van der Waals surface area contributed by atoms with Crippen LogP contribution in [0.5, 0.6) is 5.75 Å². The number of piperidine rings is 1. The smallest absolute Gasteiger partial charge is 0.253 e. The number of nitriles is 1. The molecule has 1 spiro atoms. The summed E-state index contributed by atoms with van der Waals surface area (Å²) in [5.41, 5.74) is 4.14. The van der Waals surface area contributed by atoms with Gasteiger partial charge in [0.05, 0.1) is 11.6 Å². The lowest BCUT2D eigenvalue weighted by atomic mass is 9.87. The number of benzene rings is 3. The van der Waals surface area contributed by atoms with E-state index in [-0.39, 0.29) is 11.5 Å². The Morgan fingerprint density at radius 1 is 0.935 bits per heavy atom. The van der Waals surface area contributed by atoms with E-state index in [1.807, 2.05) is 29.2 Å². The lowest BCUT2D eigenvalue weighted by molar-refractivity contribution is 0.0329. The van der Waals surface area contributed by atoms with Crippen LogP contribution >= 0.6 is 0 Å². The Hall–Kier alpha value is -3.84. The van der Waals surface area contributed by atoms with Gasteiger partial charge in [-0.05, 0) is 47.5 Å². The molecule has 3 aromatic carbocycles. The fraction of sp³-hybridized carbons (Fsp3) is 0.185. The molecular weight excluding hydrogens is 384 g/mol. The third-order valence-corrected chi connectivity index (χ3v) is 6.13. The van der Waals surface area contributed by atoms with E-state index in [0.29, 0.717) is 24.2 Å². The topological polar surface area (TPSA) is 53.3 Å². The summed E-state index contributed by atoms with van der Waals surface area (Å²) >= 11 is 0. The van der Waals surface area contributed by atoms with Crippen LogP contribution in [0.15, 0.2) is 78.9 Å². The van der Waals surface area contributed by atoms with Gasteiger partial charge in [0, 0.05) is 37.1 Å². The van der Waals surface area contributed by atoms with Crippen LogP contribution in [0.25, 0.3) is 17.2 Å². The molecule has 0 aromatic heterocycles. The average Bonchev–Trinajstić information content (AvgIpc) is 2.84. The first-order chi connectivity index (χ1) is 15.2. The summed E-state index contributed by atoms with van der Waals surface area (Å²) < 4.78 is 6.45. The van der Waals surface area contributed by atoms with Crippen LogP contribution in [-0.4, -0.2) is 29.5 Å². The summed E-state index contributed by atoms with van der Waals surface area (Å²) in [7, 11) is 0. The van der Waals surface area contributed by atoms with E-state index < -0.39 is 0 Å². The van der Waals surface area contributed by atoms with Gasteiger partial charge in [0.15, 0.2) is 0 Å². The first-order valence-electron chi connectivity index (χ1n) is 10.5. The second-order valence-corrected chi connectivity index (χ2v) is 8.10. The Balaban J connectivity index is 1.30. The highest BCUT2D eigenvalue weighted by Crippen LogP contribution is 2.39. The number of carbonyl (C=O) groups excluding carboxylic acids is 1. The van der Waals surface area contributed by atoms with Crippen molar-refractivity contribution in [1.29, 1.82) is 5.26 Å². The zero-order valence-corrected chi connectivity index (χ0v) is 17.1. The van der Waals surface area contributed by atoms with Gasteiger partial charge in [0.2, 0.25) is 0 Å². The molecule has 2 aliphatic heterocycles. The number of ether oxygens (including phenoxy) is 1. The first kappa shape index (κ1) is 19.1. The zero-order valence-electron chi connectivity index (χ0n) is 17.1. The molecule has 1 saturated heterocycles. The van der Waals surface area contributed by atoms with Crippen molar-refractivity contribution in [3.8, 4) is 22.9 Å².